The summed E-state index contributed by atoms with van der Waals surface area (Å²) in [7, 11) is 0. The van der Waals surface area contributed by atoms with Gasteiger partial charge in [0.15, 0.2) is 0 Å². The van der Waals surface area contributed by atoms with Gasteiger partial charge in [0.05, 0.1) is 12.1 Å². The summed E-state index contributed by atoms with van der Waals surface area (Å²) in [6.45, 7) is 3.45. The number of nitrogens with one attached hydrogen (secondary N) is 2. The Bertz CT molecular complexity index is 179. The molecular formula is C10H20N2O2. The Labute approximate surface area is 85.1 Å². The monoisotopic (exact) mass is 200 g/mol. The summed E-state index contributed by atoms with van der Waals surface area (Å²) < 4.78 is 0. The first-order chi connectivity index (χ1) is 6.74. The number of amides is 1. The number of aliphatic hydroxyl groups is 1. The summed E-state index contributed by atoms with van der Waals surface area (Å²) in [6, 6.07) is -0.00577. The molecule has 0 spiro atoms. The third-order valence-corrected chi connectivity index (χ3v) is 2.62. The van der Waals surface area contributed by atoms with Gasteiger partial charge in [-0.15, -0.1) is 0 Å². The van der Waals surface area contributed by atoms with Gasteiger partial charge in [-0.2, -0.15) is 0 Å². The summed E-state index contributed by atoms with van der Waals surface area (Å²) in [5.74, 6) is 0.0748. The standard InChI is InChI=1S/C10H20N2O2/c1-2-8(13)5-7-12-10(14)9-4-3-6-11-9/h8-9,11,13H,2-7H2,1H3,(H,12,14)/t8?,9-/m0/s1. The quantitative estimate of drug-likeness (QED) is 0.586. The molecule has 1 rings (SSSR count). The van der Waals surface area contributed by atoms with Gasteiger partial charge in [0.25, 0.3) is 0 Å². The van der Waals surface area contributed by atoms with E-state index in [-0.39, 0.29) is 18.1 Å². The molecule has 1 aliphatic heterocycles. The van der Waals surface area contributed by atoms with Crippen LogP contribution in [0.25, 0.3) is 0 Å². The summed E-state index contributed by atoms with van der Waals surface area (Å²) in [5, 5.41) is 15.2. The van der Waals surface area contributed by atoms with Crippen LogP contribution in [-0.2, 0) is 4.79 Å². The van der Waals surface area contributed by atoms with Gasteiger partial charge in [-0.25, -0.2) is 0 Å². The molecule has 82 valence electrons. The Balaban J connectivity index is 2.08. The maximum Gasteiger partial charge on any atom is 0.237 e. The first-order valence-electron chi connectivity index (χ1n) is 5.43. The van der Waals surface area contributed by atoms with Gasteiger partial charge >= 0.3 is 0 Å². The largest absolute Gasteiger partial charge is 0.393 e. The Morgan fingerprint density at radius 1 is 1.71 bits per heavy atom. The smallest absolute Gasteiger partial charge is 0.237 e. The van der Waals surface area contributed by atoms with Crippen LogP contribution < -0.4 is 10.6 Å². The van der Waals surface area contributed by atoms with Crippen LogP contribution in [0.4, 0.5) is 0 Å². The average molecular weight is 200 g/mol. The van der Waals surface area contributed by atoms with Gasteiger partial charge < -0.3 is 15.7 Å². The second-order valence-electron chi connectivity index (χ2n) is 3.79. The van der Waals surface area contributed by atoms with Crippen molar-refractivity contribution in [3.8, 4) is 0 Å². The highest BCUT2D eigenvalue weighted by atomic mass is 16.3. The van der Waals surface area contributed by atoms with Crippen molar-refractivity contribution in [3.05, 3.63) is 0 Å². The molecule has 4 nitrogen and oxygen atoms in total. The Morgan fingerprint density at radius 3 is 3.07 bits per heavy atom. The molecular weight excluding hydrogens is 180 g/mol. The summed E-state index contributed by atoms with van der Waals surface area (Å²) in [4.78, 5) is 11.5. The maximum atomic E-state index is 11.5. The molecule has 0 aliphatic carbocycles. The van der Waals surface area contributed by atoms with Crippen molar-refractivity contribution in [2.45, 2.75) is 44.8 Å². The van der Waals surface area contributed by atoms with Gasteiger partial charge in [0.1, 0.15) is 0 Å². The highest BCUT2D eigenvalue weighted by Gasteiger charge is 2.21. The molecule has 0 aromatic rings. The summed E-state index contributed by atoms with van der Waals surface area (Å²) in [5.41, 5.74) is 0. The van der Waals surface area contributed by atoms with E-state index in [4.69, 9.17) is 0 Å². The predicted octanol–water partition coefficient (Wildman–Crippen LogP) is 0.0156. The van der Waals surface area contributed by atoms with E-state index in [2.05, 4.69) is 10.6 Å². The molecule has 1 saturated heterocycles. The molecule has 2 atom stereocenters. The van der Waals surface area contributed by atoms with Crippen LogP contribution in [0.1, 0.15) is 32.6 Å². The molecule has 1 fully saturated rings. The lowest BCUT2D eigenvalue weighted by Gasteiger charge is -2.12. The van der Waals surface area contributed by atoms with Crippen molar-refractivity contribution in [2.24, 2.45) is 0 Å². The van der Waals surface area contributed by atoms with E-state index in [1.807, 2.05) is 6.92 Å². The van der Waals surface area contributed by atoms with Crippen molar-refractivity contribution in [2.75, 3.05) is 13.1 Å². The fraction of sp³-hybridized carbons (Fsp3) is 0.900. The van der Waals surface area contributed by atoms with Crippen molar-refractivity contribution < 1.29 is 9.90 Å². The van der Waals surface area contributed by atoms with Crippen molar-refractivity contribution in [3.63, 3.8) is 0 Å². The second-order valence-corrected chi connectivity index (χ2v) is 3.79. The van der Waals surface area contributed by atoms with Gasteiger partial charge in [0.2, 0.25) is 5.91 Å². The SMILES string of the molecule is CCC(O)CCNC(=O)[C@@H]1CCCN1. The predicted molar refractivity (Wildman–Crippen MR) is 54.9 cm³/mol. The van der Waals surface area contributed by atoms with Crippen LogP contribution in [0.5, 0.6) is 0 Å². The number of hydrogen-bond donors (Lipinski definition) is 3. The number of carbonyl (C=O) groups excluding carboxylic acids is 1. The zero-order valence-electron chi connectivity index (χ0n) is 8.75. The molecule has 0 radical (unpaired) electrons. The molecule has 14 heavy (non-hydrogen) atoms. The van der Waals surface area contributed by atoms with Gasteiger partial charge in [-0.3, -0.25) is 4.79 Å². The van der Waals surface area contributed by atoms with Crippen molar-refractivity contribution in [1.82, 2.24) is 10.6 Å². The first-order valence-corrected chi connectivity index (χ1v) is 5.43. The average Bonchev–Trinajstić information content (AvgIpc) is 2.70. The minimum atomic E-state index is -0.285. The zero-order valence-corrected chi connectivity index (χ0v) is 8.75. The molecule has 1 unspecified atom stereocenters. The maximum absolute atomic E-state index is 11.5. The topological polar surface area (TPSA) is 61.4 Å². The van der Waals surface area contributed by atoms with Crippen LogP contribution in [0.2, 0.25) is 0 Å². The fourth-order valence-corrected chi connectivity index (χ4v) is 1.60. The van der Waals surface area contributed by atoms with E-state index in [0.29, 0.717) is 13.0 Å². The third kappa shape index (κ3) is 3.64. The van der Waals surface area contributed by atoms with Gasteiger partial charge in [-0.1, -0.05) is 6.92 Å². The Morgan fingerprint density at radius 2 is 2.50 bits per heavy atom. The molecule has 0 aromatic heterocycles. The minimum Gasteiger partial charge on any atom is -0.393 e. The number of rotatable bonds is 5. The van der Waals surface area contributed by atoms with E-state index in [9.17, 15) is 9.90 Å². The molecule has 1 heterocycles. The molecule has 3 N–H and O–H groups in total. The van der Waals surface area contributed by atoms with E-state index < -0.39 is 0 Å². The van der Waals surface area contributed by atoms with Crippen LogP contribution >= 0.6 is 0 Å². The lowest BCUT2D eigenvalue weighted by atomic mass is 10.2. The van der Waals surface area contributed by atoms with Crippen LogP contribution in [0.3, 0.4) is 0 Å². The highest BCUT2D eigenvalue weighted by Crippen LogP contribution is 2.04. The van der Waals surface area contributed by atoms with E-state index in [0.717, 1.165) is 25.8 Å². The minimum absolute atomic E-state index is 0.00577. The fourth-order valence-electron chi connectivity index (χ4n) is 1.60. The van der Waals surface area contributed by atoms with E-state index in [1.54, 1.807) is 0 Å². The zero-order chi connectivity index (χ0) is 10.4. The van der Waals surface area contributed by atoms with Crippen molar-refractivity contribution in [1.29, 1.82) is 0 Å². The first kappa shape index (κ1) is 11.5. The number of hydrogen-bond acceptors (Lipinski definition) is 3. The lowest BCUT2D eigenvalue weighted by Crippen LogP contribution is -2.41. The molecule has 4 heteroatoms. The van der Waals surface area contributed by atoms with Gasteiger partial charge in [-0.05, 0) is 32.2 Å². The van der Waals surface area contributed by atoms with E-state index in [1.165, 1.54) is 0 Å². The van der Waals surface area contributed by atoms with Crippen LogP contribution in [0, 0.1) is 0 Å². The lowest BCUT2D eigenvalue weighted by molar-refractivity contribution is -0.122. The normalized spacial score (nSPS) is 23.4. The summed E-state index contributed by atoms with van der Waals surface area (Å²) in [6.07, 6.45) is 3.12. The summed E-state index contributed by atoms with van der Waals surface area (Å²) >= 11 is 0. The van der Waals surface area contributed by atoms with E-state index >= 15 is 0 Å². The Hall–Kier alpha value is -0.610. The van der Waals surface area contributed by atoms with Gasteiger partial charge in [0, 0.05) is 6.54 Å². The number of carbonyl (C=O) groups is 1. The molecule has 0 aromatic carbocycles. The molecule has 1 amide bonds. The molecule has 0 saturated carbocycles. The second kappa shape index (κ2) is 5.98. The van der Waals surface area contributed by atoms with Crippen LogP contribution in [0.15, 0.2) is 0 Å². The Kier molecular flexibility index (Phi) is 4.90. The molecule has 1 aliphatic rings. The third-order valence-electron chi connectivity index (χ3n) is 2.62. The molecule has 0 bridgehead atoms. The van der Waals surface area contributed by atoms with Crippen molar-refractivity contribution >= 4 is 5.91 Å². The number of aliphatic hydroxyl groups excluding tert-OH is 1. The van der Waals surface area contributed by atoms with Crippen LogP contribution in [-0.4, -0.2) is 36.2 Å². The highest BCUT2D eigenvalue weighted by molar-refractivity contribution is 5.81.